The van der Waals surface area contributed by atoms with Crippen LogP contribution in [0.15, 0.2) is 47.6 Å². The molecule has 0 amide bonds. The van der Waals surface area contributed by atoms with Gasteiger partial charge in [-0.3, -0.25) is 0 Å². The Bertz CT molecular complexity index is 295. The van der Waals surface area contributed by atoms with Crippen LogP contribution in [-0.4, -0.2) is 0 Å². The molecular weight excluding hydrogens is 168 g/mol. The Labute approximate surface area is 86.7 Å². The standard InChI is InChI=1S/C14H18/c1-2-5-9-14-11-7-3-6-10-13(12-14)8-4-1/h3,6-7,10-12H,1-2,4-5,8-9H2. The summed E-state index contributed by atoms with van der Waals surface area (Å²) in [4.78, 5) is 0. The van der Waals surface area contributed by atoms with Gasteiger partial charge < -0.3 is 0 Å². The fourth-order valence-electron chi connectivity index (χ4n) is 2.08. The van der Waals surface area contributed by atoms with E-state index in [0.717, 1.165) is 0 Å². The SMILES string of the molecule is C1=CC=C2C=C(C=C1)CCCCCC2. The average Bonchev–Trinajstić information content (AvgIpc) is 2.26. The number of hydrogen-bond acceptors (Lipinski definition) is 0. The van der Waals surface area contributed by atoms with E-state index in [1.165, 1.54) is 49.7 Å². The Kier molecular flexibility index (Phi) is 3.39. The molecule has 0 heterocycles. The molecule has 0 heteroatoms. The number of allylic oxidation sites excluding steroid dienone is 8. The minimum Gasteiger partial charge on any atom is -0.0622 e. The number of fused-ring (bicyclic) bond motifs is 1. The monoisotopic (exact) mass is 186 g/mol. The molecule has 0 aromatic heterocycles. The predicted molar refractivity (Wildman–Crippen MR) is 62.1 cm³/mol. The van der Waals surface area contributed by atoms with Crippen molar-refractivity contribution in [2.75, 3.05) is 0 Å². The van der Waals surface area contributed by atoms with E-state index in [4.69, 9.17) is 0 Å². The molecule has 0 radical (unpaired) electrons. The number of hydrogen-bond donors (Lipinski definition) is 0. The maximum absolute atomic E-state index is 2.38. The summed E-state index contributed by atoms with van der Waals surface area (Å²) >= 11 is 0. The first-order valence-electron chi connectivity index (χ1n) is 5.70. The molecule has 14 heavy (non-hydrogen) atoms. The highest BCUT2D eigenvalue weighted by atomic mass is 14.1. The molecule has 0 unspecified atom stereocenters. The summed E-state index contributed by atoms with van der Waals surface area (Å²) in [5, 5.41) is 0. The van der Waals surface area contributed by atoms with Gasteiger partial charge in [0, 0.05) is 0 Å². The molecule has 2 rings (SSSR count). The quantitative estimate of drug-likeness (QED) is 0.528. The lowest BCUT2D eigenvalue weighted by Gasteiger charge is -2.03. The van der Waals surface area contributed by atoms with Crippen molar-refractivity contribution in [2.24, 2.45) is 0 Å². The fourth-order valence-corrected chi connectivity index (χ4v) is 2.08. The third-order valence-corrected chi connectivity index (χ3v) is 2.89. The first-order valence-corrected chi connectivity index (χ1v) is 5.70. The summed E-state index contributed by atoms with van der Waals surface area (Å²) in [6, 6.07) is 0. The van der Waals surface area contributed by atoms with Crippen LogP contribution in [0.5, 0.6) is 0 Å². The Morgan fingerprint density at radius 3 is 2.36 bits per heavy atom. The molecule has 0 spiro atoms. The van der Waals surface area contributed by atoms with Crippen molar-refractivity contribution in [2.45, 2.75) is 38.5 Å². The van der Waals surface area contributed by atoms with E-state index in [0.29, 0.717) is 0 Å². The smallest absolute Gasteiger partial charge is 0.0279 e. The molecule has 0 aromatic rings. The topological polar surface area (TPSA) is 0 Å². The van der Waals surface area contributed by atoms with Crippen molar-refractivity contribution in [1.29, 1.82) is 0 Å². The van der Waals surface area contributed by atoms with Gasteiger partial charge in [-0.25, -0.2) is 0 Å². The maximum Gasteiger partial charge on any atom is -0.0279 e. The van der Waals surface area contributed by atoms with Crippen LogP contribution in [0.4, 0.5) is 0 Å². The molecule has 2 aliphatic carbocycles. The van der Waals surface area contributed by atoms with Gasteiger partial charge in [-0.15, -0.1) is 0 Å². The van der Waals surface area contributed by atoms with Gasteiger partial charge in [-0.05, 0) is 36.8 Å². The Morgan fingerprint density at radius 2 is 1.50 bits per heavy atom. The van der Waals surface area contributed by atoms with Gasteiger partial charge in [-0.1, -0.05) is 49.3 Å². The van der Waals surface area contributed by atoms with Gasteiger partial charge in [-0.2, -0.15) is 0 Å². The summed E-state index contributed by atoms with van der Waals surface area (Å²) in [6.45, 7) is 0. The highest BCUT2D eigenvalue weighted by molar-refractivity contribution is 5.36. The molecule has 0 saturated heterocycles. The highest BCUT2D eigenvalue weighted by Gasteiger charge is 2.02. The van der Waals surface area contributed by atoms with Crippen LogP contribution < -0.4 is 0 Å². The van der Waals surface area contributed by atoms with E-state index in [1.807, 2.05) is 0 Å². The Balaban J connectivity index is 2.20. The minimum atomic E-state index is 1.25. The lowest BCUT2D eigenvalue weighted by Crippen LogP contribution is -1.83. The van der Waals surface area contributed by atoms with E-state index in [1.54, 1.807) is 0 Å². The van der Waals surface area contributed by atoms with Crippen molar-refractivity contribution >= 4 is 0 Å². The van der Waals surface area contributed by atoms with E-state index < -0.39 is 0 Å². The molecule has 2 aliphatic rings. The summed E-state index contributed by atoms with van der Waals surface area (Å²) in [5.41, 5.74) is 3.00. The molecule has 74 valence electrons. The van der Waals surface area contributed by atoms with Crippen LogP contribution in [0.2, 0.25) is 0 Å². The van der Waals surface area contributed by atoms with E-state index in [9.17, 15) is 0 Å². The van der Waals surface area contributed by atoms with Crippen LogP contribution in [0, 0.1) is 0 Å². The molecule has 0 atom stereocenters. The largest absolute Gasteiger partial charge is 0.0622 e. The van der Waals surface area contributed by atoms with Gasteiger partial charge in [0.05, 0.1) is 0 Å². The summed E-state index contributed by atoms with van der Waals surface area (Å²) < 4.78 is 0. The second kappa shape index (κ2) is 4.99. The third kappa shape index (κ3) is 2.73. The van der Waals surface area contributed by atoms with Crippen LogP contribution in [0.3, 0.4) is 0 Å². The van der Waals surface area contributed by atoms with Crippen molar-refractivity contribution in [1.82, 2.24) is 0 Å². The zero-order valence-electron chi connectivity index (χ0n) is 8.71. The van der Waals surface area contributed by atoms with E-state index in [2.05, 4.69) is 36.5 Å². The molecule has 0 fully saturated rings. The first kappa shape index (κ1) is 9.51. The van der Waals surface area contributed by atoms with Gasteiger partial charge in [0.1, 0.15) is 0 Å². The van der Waals surface area contributed by atoms with Crippen LogP contribution in [0.1, 0.15) is 38.5 Å². The Hall–Kier alpha value is -1.04. The highest BCUT2D eigenvalue weighted by Crippen LogP contribution is 2.22. The first-order chi connectivity index (χ1) is 6.95. The molecular formula is C14H18. The lowest BCUT2D eigenvalue weighted by molar-refractivity contribution is 0.650. The fraction of sp³-hybridized carbons (Fsp3) is 0.429. The minimum absolute atomic E-state index is 1.25. The third-order valence-electron chi connectivity index (χ3n) is 2.89. The van der Waals surface area contributed by atoms with Crippen LogP contribution in [-0.2, 0) is 0 Å². The molecule has 0 aromatic carbocycles. The average molecular weight is 186 g/mol. The molecule has 2 bridgehead atoms. The summed E-state index contributed by atoms with van der Waals surface area (Å²) in [6.07, 6.45) is 21.3. The van der Waals surface area contributed by atoms with Gasteiger partial charge >= 0.3 is 0 Å². The van der Waals surface area contributed by atoms with Crippen LogP contribution >= 0.6 is 0 Å². The van der Waals surface area contributed by atoms with Crippen molar-refractivity contribution < 1.29 is 0 Å². The second-order valence-corrected chi connectivity index (χ2v) is 4.12. The van der Waals surface area contributed by atoms with E-state index in [-0.39, 0.29) is 0 Å². The normalized spacial score (nSPS) is 22.3. The summed E-state index contributed by atoms with van der Waals surface area (Å²) in [7, 11) is 0. The van der Waals surface area contributed by atoms with Crippen molar-refractivity contribution in [3.8, 4) is 0 Å². The molecule has 0 nitrogen and oxygen atoms in total. The molecule has 0 saturated carbocycles. The molecule has 0 aliphatic heterocycles. The van der Waals surface area contributed by atoms with E-state index >= 15 is 0 Å². The second-order valence-electron chi connectivity index (χ2n) is 4.12. The molecule has 0 N–H and O–H groups in total. The Morgan fingerprint density at radius 1 is 0.714 bits per heavy atom. The number of rotatable bonds is 0. The van der Waals surface area contributed by atoms with Crippen molar-refractivity contribution in [3.63, 3.8) is 0 Å². The van der Waals surface area contributed by atoms with Gasteiger partial charge in [0.25, 0.3) is 0 Å². The van der Waals surface area contributed by atoms with Crippen molar-refractivity contribution in [3.05, 3.63) is 47.6 Å². The zero-order chi connectivity index (χ0) is 9.64. The maximum atomic E-state index is 2.38. The summed E-state index contributed by atoms with van der Waals surface area (Å²) in [5.74, 6) is 0. The predicted octanol–water partition coefficient (Wildman–Crippen LogP) is 4.32. The zero-order valence-corrected chi connectivity index (χ0v) is 8.71. The van der Waals surface area contributed by atoms with Gasteiger partial charge in [0.15, 0.2) is 0 Å². The van der Waals surface area contributed by atoms with Gasteiger partial charge in [0.2, 0.25) is 0 Å². The lowest BCUT2D eigenvalue weighted by atomic mass is 10.0. The van der Waals surface area contributed by atoms with Crippen LogP contribution in [0.25, 0.3) is 0 Å².